The van der Waals surface area contributed by atoms with Crippen molar-refractivity contribution in [1.82, 2.24) is 4.90 Å². The maximum absolute atomic E-state index is 12.3. The van der Waals surface area contributed by atoms with Crippen molar-refractivity contribution in [3.05, 3.63) is 23.8 Å². The largest absolute Gasteiger partial charge is 0.493 e. The van der Waals surface area contributed by atoms with Crippen LogP contribution >= 0.6 is 0 Å². The van der Waals surface area contributed by atoms with Gasteiger partial charge in [-0.1, -0.05) is 6.92 Å². The summed E-state index contributed by atoms with van der Waals surface area (Å²) in [5, 5.41) is 8.90. The maximum Gasteiger partial charge on any atom is 0.260 e. The Morgan fingerprint density at radius 1 is 1.30 bits per heavy atom. The highest BCUT2D eigenvalue weighted by Crippen LogP contribution is 2.29. The molecule has 1 saturated carbocycles. The summed E-state index contributed by atoms with van der Waals surface area (Å²) in [6.07, 6.45) is 4.46. The zero-order valence-corrected chi connectivity index (χ0v) is 14.0. The Morgan fingerprint density at radius 3 is 2.61 bits per heavy atom. The van der Waals surface area contributed by atoms with E-state index in [1.54, 1.807) is 18.2 Å². The highest BCUT2D eigenvalue weighted by Gasteiger charge is 2.25. The van der Waals surface area contributed by atoms with E-state index in [0.29, 0.717) is 23.1 Å². The van der Waals surface area contributed by atoms with Gasteiger partial charge >= 0.3 is 0 Å². The summed E-state index contributed by atoms with van der Waals surface area (Å²) in [4.78, 5) is 14.1. The van der Waals surface area contributed by atoms with E-state index in [2.05, 4.69) is 6.92 Å². The molecule has 5 heteroatoms. The molecule has 1 aromatic rings. The predicted molar refractivity (Wildman–Crippen MR) is 87.4 cm³/mol. The third-order valence-corrected chi connectivity index (χ3v) is 4.57. The smallest absolute Gasteiger partial charge is 0.260 e. The molecule has 2 rings (SSSR count). The Morgan fingerprint density at radius 2 is 2.00 bits per heavy atom. The lowest BCUT2D eigenvalue weighted by Crippen LogP contribution is -2.41. The number of carbonyl (C=O) groups excluding carboxylic acids is 1. The molecule has 0 aromatic heterocycles. The summed E-state index contributed by atoms with van der Waals surface area (Å²) >= 11 is 0. The van der Waals surface area contributed by atoms with Gasteiger partial charge in [-0.3, -0.25) is 4.79 Å². The standard InChI is InChI=1S/C18H24N2O3/c1-13-4-7-15(8-5-13)20(2)18(21)12-23-16-9-6-14(11-19)10-17(16)22-3/h6,9-10,13,15H,4-5,7-8,12H2,1-3H3. The second kappa shape index (κ2) is 7.87. The van der Waals surface area contributed by atoms with Crippen LogP contribution in [0.5, 0.6) is 11.5 Å². The van der Waals surface area contributed by atoms with Crippen LogP contribution in [0.25, 0.3) is 0 Å². The predicted octanol–water partition coefficient (Wildman–Crippen LogP) is 2.98. The van der Waals surface area contributed by atoms with Crippen molar-refractivity contribution < 1.29 is 14.3 Å². The molecule has 0 radical (unpaired) electrons. The van der Waals surface area contributed by atoms with Crippen molar-refractivity contribution in [2.45, 2.75) is 38.6 Å². The molecular formula is C18H24N2O3. The van der Waals surface area contributed by atoms with Gasteiger partial charge in [0.05, 0.1) is 18.7 Å². The van der Waals surface area contributed by atoms with Gasteiger partial charge in [0.25, 0.3) is 5.91 Å². The third-order valence-electron chi connectivity index (χ3n) is 4.57. The van der Waals surface area contributed by atoms with E-state index in [-0.39, 0.29) is 12.5 Å². The lowest BCUT2D eigenvalue weighted by molar-refractivity contribution is -0.134. The number of hydrogen-bond acceptors (Lipinski definition) is 4. The van der Waals surface area contributed by atoms with Crippen LogP contribution < -0.4 is 9.47 Å². The number of methoxy groups -OCH3 is 1. The minimum atomic E-state index is -0.0315. The minimum absolute atomic E-state index is 0.0230. The van der Waals surface area contributed by atoms with Gasteiger partial charge in [0, 0.05) is 19.2 Å². The molecule has 124 valence electrons. The molecule has 23 heavy (non-hydrogen) atoms. The molecule has 1 aliphatic carbocycles. The second-order valence-electron chi connectivity index (χ2n) is 6.18. The van der Waals surface area contributed by atoms with Crippen LogP contribution in [0.2, 0.25) is 0 Å². The fourth-order valence-corrected chi connectivity index (χ4v) is 2.93. The summed E-state index contributed by atoms with van der Waals surface area (Å²) in [7, 11) is 3.36. The molecule has 5 nitrogen and oxygen atoms in total. The normalized spacial score (nSPS) is 20.4. The average molecular weight is 316 g/mol. The molecule has 0 heterocycles. The van der Waals surface area contributed by atoms with E-state index in [1.165, 1.54) is 20.0 Å². The molecule has 0 unspecified atom stereocenters. The first-order valence-corrected chi connectivity index (χ1v) is 8.01. The van der Waals surface area contributed by atoms with Crippen LogP contribution in [0.1, 0.15) is 38.2 Å². The van der Waals surface area contributed by atoms with Crippen LogP contribution in [-0.2, 0) is 4.79 Å². The molecule has 1 fully saturated rings. The molecule has 1 aliphatic rings. The van der Waals surface area contributed by atoms with Crippen LogP contribution in [-0.4, -0.2) is 37.6 Å². The van der Waals surface area contributed by atoms with Gasteiger partial charge in [-0.25, -0.2) is 0 Å². The van der Waals surface area contributed by atoms with Crippen LogP contribution in [0, 0.1) is 17.2 Å². The summed E-state index contributed by atoms with van der Waals surface area (Å²) in [5.74, 6) is 1.67. The van der Waals surface area contributed by atoms with Crippen LogP contribution in [0.4, 0.5) is 0 Å². The monoisotopic (exact) mass is 316 g/mol. The number of amides is 1. The lowest BCUT2D eigenvalue weighted by atomic mass is 9.87. The van der Waals surface area contributed by atoms with Crippen molar-refractivity contribution in [2.75, 3.05) is 20.8 Å². The molecule has 1 amide bonds. The van der Waals surface area contributed by atoms with Crippen molar-refractivity contribution in [3.63, 3.8) is 0 Å². The van der Waals surface area contributed by atoms with Gasteiger partial charge in [0.2, 0.25) is 0 Å². The Labute approximate surface area is 137 Å². The van der Waals surface area contributed by atoms with Crippen molar-refractivity contribution in [3.8, 4) is 17.6 Å². The Bertz CT molecular complexity index is 586. The summed E-state index contributed by atoms with van der Waals surface area (Å²) < 4.78 is 10.8. The number of carbonyl (C=O) groups is 1. The van der Waals surface area contributed by atoms with Crippen LogP contribution in [0.3, 0.4) is 0 Å². The second-order valence-corrected chi connectivity index (χ2v) is 6.18. The van der Waals surface area contributed by atoms with E-state index in [9.17, 15) is 4.79 Å². The molecule has 0 bridgehead atoms. The molecule has 0 N–H and O–H groups in total. The summed E-state index contributed by atoms with van der Waals surface area (Å²) in [5.41, 5.74) is 0.494. The van der Waals surface area contributed by atoms with Gasteiger partial charge in [-0.15, -0.1) is 0 Å². The first-order valence-electron chi connectivity index (χ1n) is 8.01. The summed E-state index contributed by atoms with van der Waals surface area (Å²) in [6.45, 7) is 2.24. The summed E-state index contributed by atoms with van der Waals surface area (Å²) in [6, 6.07) is 7.27. The first kappa shape index (κ1) is 17.1. The quantitative estimate of drug-likeness (QED) is 0.838. The van der Waals surface area contributed by atoms with Crippen molar-refractivity contribution in [1.29, 1.82) is 5.26 Å². The minimum Gasteiger partial charge on any atom is -0.493 e. The number of rotatable bonds is 5. The molecule has 0 aliphatic heterocycles. The molecular weight excluding hydrogens is 292 g/mol. The van der Waals surface area contributed by atoms with E-state index < -0.39 is 0 Å². The maximum atomic E-state index is 12.3. The van der Waals surface area contributed by atoms with Gasteiger partial charge < -0.3 is 14.4 Å². The number of benzene rings is 1. The zero-order chi connectivity index (χ0) is 16.8. The molecule has 1 aromatic carbocycles. The third kappa shape index (κ3) is 4.38. The van der Waals surface area contributed by atoms with E-state index in [0.717, 1.165) is 18.8 Å². The Kier molecular flexibility index (Phi) is 5.86. The number of likely N-dealkylation sites (N-methyl/N-ethyl adjacent to an activating group) is 1. The van der Waals surface area contributed by atoms with Gasteiger partial charge in [0.1, 0.15) is 0 Å². The fraction of sp³-hybridized carbons (Fsp3) is 0.556. The number of ether oxygens (including phenoxy) is 2. The van der Waals surface area contributed by atoms with Crippen molar-refractivity contribution >= 4 is 5.91 Å². The fourth-order valence-electron chi connectivity index (χ4n) is 2.93. The van der Waals surface area contributed by atoms with E-state index in [4.69, 9.17) is 14.7 Å². The Balaban J connectivity index is 1.92. The van der Waals surface area contributed by atoms with Crippen molar-refractivity contribution in [2.24, 2.45) is 5.92 Å². The lowest BCUT2D eigenvalue weighted by Gasteiger charge is -2.33. The number of hydrogen-bond donors (Lipinski definition) is 0. The van der Waals surface area contributed by atoms with Gasteiger partial charge in [-0.2, -0.15) is 5.26 Å². The van der Waals surface area contributed by atoms with E-state index in [1.807, 2.05) is 18.0 Å². The molecule has 0 saturated heterocycles. The number of nitriles is 1. The molecule has 0 atom stereocenters. The highest BCUT2D eigenvalue weighted by molar-refractivity contribution is 5.78. The zero-order valence-electron chi connectivity index (χ0n) is 14.0. The highest BCUT2D eigenvalue weighted by atomic mass is 16.5. The molecule has 0 spiro atoms. The van der Waals surface area contributed by atoms with Gasteiger partial charge in [-0.05, 0) is 43.7 Å². The topological polar surface area (TPSA) is 62.6 Å². The number of nitrogens with zero attached hydrogens (tertiary/aromatic N) is 2. The first-order chi connectivity index (χ1) is 11.0. The van der Waals surface area contributed by atoms with Gasteiger partial charge in [0.15, 0.2) is 18.1 Å². The SMILES string of the molecule is COc1cc(C#N)ccc1OCC(=O)N(C)C1CCC(C)CC1. The Hall–Kier alpha value is -2.22. The van der Waals surface area contributed by atoms with Crippen LogP contribution in [0.15, 0.2) is 18.2 Å². The average Bonchev–Trinajstić information content (AvgIpc) is 2.59. The van der Waals surface area contributed by atoms with E-state index >= 15 is 0 Å².